The fourth-order valence-corrected chi connectivity index (χ4v) is 4.12. The molecule has 1 atom stereocenters. The third-order valence-electron chi connectivity index (χ3n) is 5.34. The third-order valence-corrected chi connectivity index (χ3v) is 6.07. The molecule has 1 amide bonds. The highest BCUT2D eigenvalue weighted by Crippen LogP contribution is 2.33. The fraction of sp³-hybridized carbons (Fsp3) is 0.238. The van der Waals surface area contributed by atoms with E-state index in [1.807, 2.05) is 0 Å². The summed E-state index contributed by atoms with van der Waals surface area (Å²) in [5.74, 6) is -0.761. The van der Waals surface area contributed by atoms with Gasteiger partial charge in [0, 0.05) is 44.4 Å². The van der Waals surface area contributed by atoms with E-state index < -0.39 is 35.1 Å². The summed E-state index contributed by atoms with van der Waals surface area (Å²) >= 11 is 18.3. The molecular weight excluding hydrogens is 538 g/mol. The number of nitrogens with one attached hydrogen (secondary N) is 3. The number of aromatic nitrogens is 2. The van der Waals surface area contributed by atoms with Crippen molar-refractivity contribution in [2.45, 2.75) is 22.6 Å². The average molecular weight is 555 g/mol. The van der Waals surface area contributed by atoms with Crippen molar-refractivity contribution in [1.29, 1.82) is 0 Å². The first-order valence-electron chi connectivity index (χ1n) is 10.4. The summed E-state index contributed by atoms with van der Waals surface area (Å²) in [5, 5.41) is 39.9. The minimum atomic E-state index is -3.07. The number of pyridine rings is 1. The van der Waals surface area contributed by atoms with Crippen LogP contribution in [0.5, 0.6) is 0 Å². The van der Waals surface area contributed by atoms with Crippen LogP contribution in [0.15, 0.2) is 42.7 Å². The van der Waals surface area contributed by atoms with Crippen molar-refractivity contribution in [3.05, 3.63) is 69.1 Å². The molecule has 0 bridgehead atoms. The van der Waals surface area contributed by atoms with Crippen LogP contribution in [0, 0.1) is 0 Å². The maximum atomic E-state index is 12.8. The van der Waals surface area contributed by atoms with Gasteiger partial charge in [-0.3, -0.25) is 4.79 Å². The minimum absolute atomic E-state index is 0.108. The van der Waals surface area contributed by atoms with Crippen molar-refractivity contribution in [2.75, 3.05) is 11.9 Å². The number of halogens is 3. The largest absolute Gasteiger partial charge is 0.404 e. The van der Waals surface area contributed by atoms with Crippen LogP contribution in [0.25, 0.3) is 11.1 Å². The molecule has 1 aromatic carbocycles. The molecule has 0 aliphatic heterocycles. The lowest BCUT2D eigenvalue weighted by molar-refractivity contribution is -0.105. The third kappa shape index (κ3) is 6.49. The van der Waals surface area contributed by atoms with Crippen molar-refractivity contribution in [2.24, 2.45) is 0 Å². The Hall–Kier alpha value is -2.11. The summed E-state index contributed by atoms with van der Waals surface area (Å²) in [4.78, 5) is 19.6. The summed E-state index contributed by atoms with van der Waals surface area (Å²) in [6.07, 6.45) is 2.63. The van der Waals surface area contributed by atoms with Crippen molar-refractivity contribution < 1.29 is 25.2 Å². The lowest BCUT2D eigenvalue weighted by Crippen LogP contribution is -2.73. The Morgan fingerprint density at radius 3 is 2.14 bits per heavy atom. The SMILES string of the molecule is [B]C([B])(O)C(O)(Nc1cc(-c2c[nH]c(C(=O)N[C@H](CO)c3cc(Cl)cc(Cl)c3)c2)c(Cl)cn1)C([B])([B])O. The zero-order valence-corrected chi connectivity index (χ0v) is 21.2. The summed E-state index contributed by atoms with van der Waals surface area (Å²) in [7, 11) is 21.4. The molecule has 0 aliphatic carbocycles. The Morgan fingerprint density at radius 2 is 1.59 bits per heavy atom. The zero-order valence-electron chi connectivity index (χ0n) is 18.9. The number of nitrogens with zero attached hydrogens (tertiary/aromatic N) is 1. The highest BCUT2D eigenvalue weighted by molar-refractivity contribution is 6.45. The van der Waals surface area contributed by atoms with Crippen LogP contribution >= 0.6 is 34.8 Å². The highest BCUT2D eigenvalue weighted by Gasteiger charge is 2.51. The molecule has 2 heterocycles. The maximum absolute atomic E-state index is 12.8. The number of aliphatic hydroxyl groups is 4. The number of hydrogen-bond acceptors (Lipinski definition) is 7. The Kier molecular flexibility index (Phi) is 8.71. The van der Waals surface area contributed by atoms with E-state index in [9.17, 15) is 25.2 Å². The summed E-state index contributed by atoms with van der Waals surface area (Å²) in [6, 6.07) is 6.59. The van der Waals surface area contributed by atoms with Gasteiger partial charge in [0.2, 0.25) is 0 Å². The quantitative estimate of drug-likeness (QED) is 0.151. The van der Waals surface area contributed by atoms with Gasteiger partial charge >= 0.3 is 0 Å². The fourth-order valence-electron chi connectivity index (χ4n) is 3.36. The van der Waals surface area contributed by atoms with Crippen molar-refractivity contribution >= 4 is 77.9 Å². The number of anilines is 1. The standard InChI is InChI=1S/C21H17B4Cl3N4O5/c22-20(23,36)19(35,21(24,25)37)32-17-5-13(14(28)7-30-17)10-3-15(29-6-10)18(34)31-16(8-33)9-1-11(26)4-12(27)2-9/h1-7,16,29,33,35-37H,8H2,(H,30,32)(H,31,34)/t16-/m1/s1. The van der Waals surface area contributed by atoms with E-state index in [-0.39, 0.29) is 16.5 Å². The van der Waals surface area contributed by atoms with E-state index in [0.29, 0.717) is 26.7 Å². The van der Waals surface area contributed by atoms with Crippen LogP contribution in [-0.4, -0.2) is 90.8 Å². The molecule has 0 unspecified atom stereocenters. The van der Waals surface area contributed by atoms with Crippen LogP contribution in [0.4, 0.5) is 5.82 Å². The number of H-pyrrole nitrogens is 1. The van der Waals surface area contributed by atoms with Gasteiger partial charge < -0.3 is 36.0 Å². The monoisotopic (exact) mass is 554 g/mol. The van der Waals surface area contributed by atoms with Gasteiger partial charge in [-0.25, -0.2) is 4.98 Å². The molecule has 9 nitrogen and oxygen atoms in total. The van der Waals surface area contributed by atoms with Gasteiger partial charge in [-0.2, -0.15) is 0 Å². The van der Waals surface area contributed by atoms with E-state index in [2.05, 4.69) is 20.6 Å². The molecule has 184 valence electrons. The lowest BCUT2D eigenvalue weighted by Gasteiger charge is -2.49. The second-order valence-corrected chi connectivity index (χ2v) is 9.53. The number of amides is 1. The number of carbonyl (C=O) groups excluding carboxylic acids is 1. The minimum Gasteiger partial charge on any atom is -0.404 e. The van der Waals surface area contributed by atoms with Crippen LogP contribution in [0.1, 0.15) is 22.1 Å². The van der Waals surface area contributed by atoms with Gasteiger partial charge in [0.15, 0.2) is 5.72 Å². The first kappa shape index (κ1) is 29.4. The molecule has 0 spiro atoms. The smallest absolute Gasteiger partial charge is 0.268 e. The number of aromatic amines is 1. The topological polar surface area (TPSA) is 151 Å². The van der Waals surface area contributed by atoms with Crippen LogP contribution in [-0.2, 0) is 0 Å². The van der Waals surface area contributed by atoms with Crippen LogP contribution < -0.4 is 10.6 Å². The summed E-state index contributed by atoms with van der Waals surface area (Å²) in [5.41, 5.74) is -1.75. The Balaban J connectivity index is 1.87. The second-order valence-electron chi connectivity index (χ2n) is 8.25. The maximum Gasteiger partial charge on any atom is 0.268 e. The zero-order chi connectivity index (χ0) is 27.8. The lowest BCUT2D eigenvalue weighted by atomic mass is 9.46. The molecule has 37 heavy (non-hydrogen) atoms. The summed E-state index contributed by atoms with van der Waals surface area (Å²) < 4.78 is 0. The van der Waals surface area contributed by atoms with E-state index in [1.54, 1.807) is 12.1 Å². The molecule has 16 heteroatoms. The van der Waals surface area contributed by atoms with Crippen molar-refractivity contribution in [1.82, 2.24) is 15.3 Å². The molecule has 2 aromatic heterocycles. The number of rotatable bonds is 9. The van der Waals surface area contributed by atoms with Gasteiger partial charge in [0.1, 0.15) is 42.9 Å². The van der Waals surface area contributed by atoms with Gasteiger partial charge in [-0.05, 0) is 35.9 Å². The second kappa shape index (κ2) is 10.9. The Bertz CT molecular complexity index is 1270. The molecule has 0 fully saturated rings. The number of benzene rings is 1. The highest BCUT2D eigenvalue weighted by atomic mass is 35.5. The Morgan fingerprint density at radius 1 is 1.00 bits per heavy atom. The molecule has 8 radical (unpaired) electrons. The van der Waals surface area contributed by atoms with E-state index >= 15 is 0 Å². The predicted molar refractivity (Wildman–Crippen MR) is 144 cm³/mol. The van der Waals surface area contributed by atoms with Crippen molar-refractivity contribution in [3.8, 4) is 11.1 Å². The molecule has 0 saturated heterocycles. The molecule has 3 rings (SSSR count). The van der Waals surface area contributed by atoms with E-state index in [0.717, 1.165) is 0 Å². The normalized spacial score (nSPS) is 13.3. The number of carbonyl (C=O) groups is 1. The molecule has 3 aromatic rings. The van der Waals surface area contributed by atoms with Gasteiger partial charge in [0.25, 0.3) is 5.91 Å². The average Bonchev–Trinajstić information content (AvgIpc) is 3.26. The molecular formula is C21H17B4Cl3N4O5. The summed E-state index contributed by atoms with van der Waals surface area (Å²) in [6.45, 7) is -0.423. The van der Waals surface area contributed by atoms with Gasteiger partial charge in [-0.15, -0.1) is 0 Å². The predicted octanol–water partition coefficient (Wildman–Crippen LogP) is 0.567. The first-order chi connectivity index (χ1) is 17.1. The van der Waals surface area contributed by atoms with Crippen LogP contribution in [0.2, 0.25) is 15.1 Å². The molecule has 7 N–H and O–H groups in total. The van der Waals surface area contributed by atoms with Crippen LogP contribution in [0.3, 0.4) is 0 Å². The van der Waals surface area contributed by atoms with E-state index in [4.69, 9.17) is 66.2 Å². The van der Waals surface area contributed by atoms with Gasteiger partial charge in [-0.1, -0.05) is 34.8 Å². The van der Waals surface area contributed by atoms with Gasteiger partial charge in [0.05, 0.1) is 17.7 Å². The van der Waals surface area contributed by atoms with E-state index in [1.165, 1.54) is 30.6 Å². The number of aliphatic hydroxyl groups excluding tert-OH is 1. The molecule has 0 saturated carbocycles. The number of hydrogen-bond donors (Lipinski definition) is 7. The molecule has 0 aliphatic rings. The Labute approximate surface area is 232 Å². The first-order valence-corrected chi connectivity index (χ1v) is 11.5. The van der Waals surface area contributed by atoms with Crippen molar-refractivity contribution in [3.63, 3.8) is 0 Å².